The van der Waals surface area contributed by atoms with Crippen LogP contribution in [0.4, 0.5) is 0 Å². The summed E-state index contributed by atoms with van der Waals surface area (Å²) in [5.74, 6) is -0.915. The molecule has 4 nitrogen and oxygen atoms in total. The van der Waals surface area contributed by atoms with Gasteiger partial charge in [0.05, 0.1) is 5.71 Å². The molecule has 2 rings (SSSR count). The zero-order chi connectivity index (χ0) is 18.6. The van der Waals surface area contributed by atoms with Crippen LogP contribution in [0, 0.1) is 5.92 Å². The summed E-state index contributed by atoms with van der Waals surface area (Å²) < 4.78 is 5.67. The largest absolute Gasteiger partial charge is 0.459 e. The van der Waals surface area contributed by atoms with Crippen molar-refractivity contribution in [3.05, 3.63) is 34.9 Å². The van der Waals surface area contributed by atoms with E-state index >= 15 is 0 Å². The van der Waals surface area contributed by atoms with Crippen LogP contribution in [0.5, 0.6) is 0 Å². The zero-order valence-electron chi connectivity index (χ0n) is 15.7. The average Bonchev–Trinajstić information content (AvgIpc) is 2.51. The van der Waals surface area contributed by atoms with Crippen LogP contribution in [0.25, 0.3) is 0 Å². The summed E-state index contributed by atoms with van der Waals surface area (Å²) in [7, 11) is 0. The highest BCUT2D eigenvalue weighted by atomic mass is 35.5. The molecule has 0 aliphatic carbocycles. The van der Waals surface area contributed by atoms with Gasteiger partial charge >= 0.3 is 5.97 Å². The predicted molar refractivity (Wildman–Crippen MR) is 104 cm³/mol. The highest BCUT2D eigenvalue weighted by molar-refractivity contribution is 6.30. The molecule has 1 heterocycles. The van der Waals surface area contributed by atoms with Gasteiger partial charge in [-0.25, -0.2) is 0 Å². The quantitative estimate of drug-likeness (QED) is 0.658. The Labute approximate surface area is 155 Å². The van der Waals surface area contributed by atoms with Crippen LogP contribution in [0.15, 0.2) is 34.5 Å². The Bertz CT molecular complexity index is 689. The van der Waals surface area contributed by atoms with Crippen molar-refractivity contribution < 1.29 is 9.53 Å². The van der Waals surface area contributed by atoms with Crippen molar-refractivity contribution in [3.8, 4) is 0 Å². The summed E-state index contributed by atoms with van der Waals surface area (Å²) in [5, 5.41) is 9.33. The van der Waals surface area contributed by atoms with E-state index < -0.39 is 11.5 Å². The molecule has 1 aliphatic rings. The number of carbonyl (C=O) groups is 1. The molecule has 1 aromatic rings. The fourth-order valence-electron chi connectivity index (χ4n) is 3.02. The lowest BCUT2D eigenvalue weighted by molar-refractivity contribution is -0.157. The van der Waals surface area contributed by atoms with Crippen LogP contribution in [0.1, 0.15) is 65.4 Å². The Morgan fingerprint density at radius 3 is 2.60 bits per heavy atom. The van der Waals surface area contributed by atoms with Crippen molar-refractivity contribution in [3.63, 3.8) is 0 Å². The Morgan fingerprint density at radius 2 is 2.00 bits per heavy atom. The molecule has 25 heavy (non-hydrogen) atoms. The summed E-state index contributed by atoms with van der Waals surface area (Å²) >= 11 is 6.20. The van der Waals surface area contributed by atoms with E-state index in [4.69, 9.17) is 16.3 Å². The smallest absolute Gasteiger partial charge is 0.316 e. The van der Waals surface area contributed by atoms with Crippen molar-refractivity contribution in [2.45, 2.75) is 65.4 Å². The molecule has 0 bridgehead atoms. The first-order chi connectivity index (χ1) is 11.7. The number of rotatable bonds is 5. The van der Waals surface area contributed by atoms with Gasteiger partial charge < -0.3 is 4.74 Å². The summed E-state index contributed by atoms with van der Waals surface area (Å²) in [5.41, 5.74) is 2.03. The molecule has 1 aromatic carbocycles. The van der Waals surface area contributed by atoms with Crippen molar-refractivity contribution in [2.24, 2.45) is 16.1 Å². The van der Waals surface area contributed by atoms with Gasteiger partial charge in [-0.05, 0) is 58.2 Å². The fourth-order valence-corrected chi connectivity index (χ4v) is 3.22. The highest BCUT2D eigenvalue weighted by Gasteiger charge is 2.40. The maximum absolute atomic E-state index is 12.9. The topological polar surface area (TPSA) is 51.0 Å². The standard InChI is InChI=1S/C20H27ClN2O2/c1-6-7-11-16-18(14-9-8-10-15(21)12-14)17(13(2)22-23-16)19(24)25-20(3,4)5/h8-10,12,17-18H,6-7,11H2,1-5H3. The number of halogens is 1. The zero-order valence-corrected chi connectivity index (χ0v) is 16.4. The van der Waals surface area contributed by atoms with Crippen molar-refractivity contribution >= 4 is 29.0 Å². The van der Waals surface area contributed by atoms with Gasteiger partial charge in [0.15, 0.2) is 0 Å². The molecule has 0 amide bonds. The molecule has 1 aliphatic heterocycles. The Morgan fingerprint density at radius 1 is 1.28 bits per heavy atom. The van der Waals surface area contributed by atoms with Gasteiger partial charge in [0, 0.05) is 16.7 Å². The molecule has 0 radical (unpaired) electrons. The summed E-state index contributed by atoms with van der Waals surface area (Å²) in [4.78, 5) is 12.9. The minimum atomic E-state index is -0.547. The average molecular weight is 363 g/mol. The second-order valence-electron chi connectivity index (χ2n) is 7.48. The van der Waals surface area contributed by atoms with Crippen LogP contribution < -0.4 is 0 Å². The highest BCUT2D eigenvalue weighted by Crippen LogP contribution is 2.35. The van der Waals surface area contributed by atoms with Gasteiger partial charge in [0.2, 0.25) is 0 Å². The molecule has 0 saturated carbocycles. The summed E-state index contributed by atoms with van der Waals surface area (Å²) in [6.45, 7) is 9.60. The molecule has 136 valence electrons. The Kier molecular flexibility index (Phi) is 6.39. The number of carbonyl (C=O) groups excluding carboxylic acids is 1. The van der Waals surface area contributed by atoms with E-state index in [1.165, 1.54) is 0 Å². The van der Waals surface area contributed by atoms with E-state index in [-0.39, 0.29) is 11.9 Å². The lowest BCUT2D eigenvalue weighted by Gasteiger charge is -2.32. The first-order valence-corrected chi connectivity index (χ1v) is 9.20. The van der Waals surface area contributed by atoms with E-state index in [0.29, 0.717) is 10.7 Å². The predicted octanol–water partition coefficient (Wildman–Crippen LogP) is 5.40. The maximum atomic E-state index is 12.9. The van der Waals surface area contributed by atoms with Crippen molar-refractivity contribution in [1.29, 1.82) is 0 Å². The molecular formula is C20H27ClN2O2. The van der Waals surface area contributed by atoms with E-state index in [1.807, 2.05) is 52.0 Å². The van der Waals surface area contributed by atoms with Crippen LogP contribution in [-0.4, -0.2) is 23.0 Å². The molecule has 0 aromatic heterocycles. The molecule has 0 saturated heterocycles. The van der Waals surface area contributed by atoms with Crippen LogP contribution in [0.2, 0.25) is 5.02 Å². The van der Waals surface area contributed by atoms with Crippen LogP contribution in [0.3, 0.4) is 0 Å². The number of nitrogens with zero attached hydrogens (tertiary/aromatic N) is 2. The monoisotopic (exact) mass is 362 g/mol. The lowest BCUT2D eigenvalue weighted by Crippen LogP contribution is -2.39. The molecule has 2 atom stereocenters. The SMILES string of the molecule is CCCCC1=NN=C(C)C(C(=O)OC(C)(C)C)C1c1cccc(Cl)c1. The molecule has 0 fully saturated rings. The van der Waals surface area contributed by atoms with E-state index in [9.17, 15) is 4.79 Å². The van der Waals surface area contributed by atoms with Gasteiger partial charge in [-0.3, -0.25) is 4.79 Å². The summed E-state index contributed by atoms with van der Waals surface area (Å²) in [6.07, 6.45) is 2.87. The van der Waals surface area contributed by atoms with Gasteiger partial charge in [-0.15, -0.1) is 0 Å². The van der Waals surface area contributed by atoms with E-state index in [0.717, 1.165) is 30.5 Å². The van der Waals surface area contributed by atoms with Gasteiger partial charge in [0.1, 0.15) is 11.5 Å². The molecule has 0 N–H and O–H groups in total. The minimum Gasteiger partial charge on any atom is -0.459 e. The van der Waals surface area contributed by atoms with Crippen LogP contribution in [-0.2, 0) is 9.53 Å². The third-order valence-corrected chi connectivity index (χ3v) is 4.37. The maximum Gasteiger partial charge on any atom is 0.316 e. The number of benzene rings is 1. The number of esters is 1. The van der Waals surface area contributed by atoms with Crippen molar-refractivity contribution in [1.82, 2.24) is 0 Å². The number of hydrogen-bond acceptors (Lipinski definition) is 4. The minimum absolute atomic E-state index is 0.183. The number of ether oxygens (including phenoxy) is 1. The third-order valence-electron chi connectivity index (χ3n) is 4.13. The fraction of sp³-hybridized carbons (Fsp3) is 0.550. The molecule has 2 unspecified atom stereocenters. The first kappa shape index (κ1) is 19.6. The van der Waals surface area contributed by atoms with Gasteiger partial charge in [-0.2, -0.15) is 10.2 Å². The second kappa shape index (κ2) is 8.13. The molecule has 0 spiro atoms. The second-order valence-corrected chi connectivity index (χ2v) is 7.92. The first-order valence-electron chi connectivity index (χ1n) is 8.82. The van der Waals surface area contributed by atoms with Crippen molar-refractivity contribution in [2.75, 3.05) is 0 Å². The third kappa shape index (κ3) is 5.15. The molecule has 5 heteroatoms. The van der Waals surface area contributed by atoms with Gasteiger partial charge in [-0.1, -0.05) is 37.1 Å². The lowest BCUT2D eigenvalue weighted by atomic mass is 9.77. The van der Waals surface area contributed by atoms with E-state index in [2.05, 4.69) is 17.1 Å². The summed E-state index contributed by atoms with van der Waals surface area (Å²) in [6, 6.07) is 7.64. The Balaban J connectivity index is 2.44. The number of unbranched alkanes of at least 4 members (excludes halogenated alkanes) is 1. The van der Waals surface area contributed by atoms with Crippen LogP contribution >= 0.6 is 11.6 Å². The Hall–Kier alpha value is -1.68. The van der Waals surface area contributed by atoms with E-state index in [1.54, 1.807) is 0 Å². The normalized spacial score (nSPS) is 20.7. The number of hydrogen-bond donors (Lipinski definition) is 0. The molecular weight excluding hydrogens is 336 g/mol. The van der Waals surface area contributed by atoms with Gasteiger partial charge in [0.25, 0.3) is 0 Å².